The van der Waals surface area contributed by atoms with Crippen LogP contribution in [0.4, 0.5) is 5.69 Å². The Morgan fingerprint density at radius 3 is 2.88 bits per heavy atom. The zero-order valence-corrected chi connectivity index (χ0v) is 13.7. The van der Waals surface area contributed by atoms with Gasteiger partial charge in [-0.3, -0.25) is 24.9 Å². The Hall–Kier alpha value is -3.75. The number of nitrogens with two attached hydrogens (primary N) is 1. The number of non-ortho nitro benzene ring substituents is 1. The van der Waals surface area contributed by atoms with Crippen LogP contribution in [0.25, 0.3) is 10.9 Å². The summed E-state index contributed by atoms with van der Waals surface area (Å²) in [7, 11) is 0. The van der Waals surface area contributed by atoms with E-state index in [1.165, 1.54) is 12.1 Å². The van der Waals surface area contributed by atoms with Crippen molar-refractivity contribution >= 4 is 28.3 Å². The molecule has 3 aromatic rings. The number of hydrogen-bond donors (Lipinski definition) is 3. The average Bonchev–Trinajstić information content (AvgIpc) is 3.09. The molecule has 0 unspecified atom stereocenters. The Bertz CT molecular complexity index is 981. The minimum absolute atomic E-state index is 0.0364. The molecule has 4 N–H and O–H groups in total. The fourth-order valence-electron chi connectivity index (χ4n) is 2.39. The summed E-state index contributed by atoms with van der Waals surface area (Å²) in [6.45, 7) is 0.599. The number of carbonyl (C=O) groups is 1. The summed E-state index contributed by atoms with van der Waals surface area (Å²) in [5.41, 5.74) is 7.22. The highest BCUT2D eigenvalue weighted by Gasteiger charge is 2.12. The monoisotopic (exact) mass is 352 g/mol. The van der Waals surface area contributed by atoms with Gasteiger partial charge in [-0.25, -0.2) is 0 Å². The summed E-state index contributed by atoms with van der Waals surface area (Å²) in [5, 5.41) is 14.2. The standard InChI is InChI=1S/C17H16N6O3/c18-16(13-3-1-2-6-19-13)20-7-8-21-17(24)15-9-11-4-5-12(23(25)26)10-14(11)22-15/h1-6,9-10,22H,7-8H2,(H2,18,20)(H,21,24). The molecule has 2 aromatic heterocycles. The van der Waals surface area contributed by atoms with Crippen molar-refractivity contribution in [1.29, 1.82) is 0 Å². The molecule has 0 aliphatic rings. The lowest BCUT2D eigenvalue weighted by molar-refractivity contribution is -0.384. The zero-order chi connectivity index (χ0) is 18.5. The first-order valence-corrected chi connectivity index (χ1v) is 7.81. The number of nitrogens with zero attached hydrogens (tertiary/aromatic N) is 3. The van der Waals surface area contributed by atoms with E-state index in [0.29, 0.717) is 35.8 Å². The lowest BCUT2D eigenvalue weighted by atomic mass is 10.2. The number of nitrogens with one attached hydrogen (secondary N) is 2. The number of aromatic amines is 1. The van der Waals surface area contributed by atoms with Crippen LogP contribution >= 0.6 is 0 Å². The fraction of sp³-hybridized carbons (Fsp3) is 0.118. The van der Waals surface area contributed by atoms with E-state index in [4.69, 9.17) is 5.73 Å². The van der Waals surface area contributed by atoms with Crippen LogP contribution in [0.5, 0.6) is 0 Å². The summed E-state index contributed by atoms with van der Waals surface area (Å²) in [6, 6.07) is 11.4. The van der Waals surface area contributed by atoms with Crippen molar-refractivity contribution < 1.29 is 9.72 Å². The first-order valence-electron chi connectivity index (χ1n) is 7.81. The molecule has 9 heteroatoms. The second kappa shape index (κ2) is 7.43. The highest BCUT2D eigenvalue weighted by Crippen LogP contribution is 2.21. The second-order valence-corrected chi connectivity index (χ2v) is 5.45. The SMILES string of the molecule is NC(=NCCNC(=O)c1cc2ccc([N+](=O)[O-])cc2[nH]1)c1ccccn1. The van der Waals surface area contributed by atoms with Crippen molar-refractivity contribution in [3.8, 4) is 0 Å². The Kier molecular flexibility index (Phi) is 4.88. The van der Waals surface area contributed by atoms with Crippen molar-refractivity contribution in [2.24, 2.45) is 10.7 Å². The number of amides is 1. The number of benzene rings is 1. The first kappa shape index (κ1) is 17.1. The normalized spacial score (nSPS) is 11.5. The maximum absolute atomic E-state index is 12.2. The van der Waals surface area contributed by atoms with Crippen molar-refractivity contribution in [3.63, 3.8) is 0 Å². The lowest BCUT2D eigenvalue weighted by Gasteiger charge is -2.02. The van der Waals surface area contributed by atoms with Crippen LogP contribution in [0.2, 0.25) is 0 Å². The number of H-pyrrole nitrogens is 1. The van der Waals surface area contributed by atoms with Crippen LogP contribution in [0, 0.1) is 10.1 Å². The lowest BCUT2D eigenvalue weighted by Crippen LogP contribution is -2.27. The van der Waals surface area contributed by atoms with Gasteiger partial charge in [0.25, 0.3) is 11.6 Å². The van der Waals surface area contributed by atoms with Gasteiger partial charge in [0.2, 0.25) is 0 Å². The van der Waals surface area contributed by atoms with Crippen LogP contribution in [0.15, 0.2) is 53.7 Å². The fourth-order valence-corrected chi connectivity index (χ4v) is 2.39. The van der Waals surface area contributed by atoms with Crippen molar-refractivity contribution in [2.75, 3.05) is 13.1 Å². The van der Waals surface area contributed by atoms with Crippen LogP contribution in [0.1, 0.15) is 16.2 Å². The smallest absolute Gasteiger partial charge is 0.271 e. The molecule has 9 nitrogen and oxygen atoms in total. The van der Waals surface area contributed by atoms with E-state index in [9.17, 15) is 14.9 Å². The van der Waals surface area contributed by atoms with Gasteiger partial charge in [-0.1, -0.05) is 6.07 Å². The maximum Gasteiger partial charge on any atom is 0.271 e. The number of aliphatic imine (C=N–C) groups is 1. The number of pyridine rings is 1. The van der Waals surface area contributed by atoms with Crippen molar-refractivity contribution in [1.82, 2.24) is 15.3 Å². The minimum atomic E-state index is -0.482. The maximum atomic E-state index is 12.2. The number of rotatable bonds is 6. The van der Waals surface area contributed by atoms with Crippen LogP contribution in [-0.2, 0) is 0 Å². The Morgan fingerprint density at radius 2 is 2.15 bits per heavy atom. The predicted molar refractivity (Wildman–Crippen MR) is 97.1 cm³/mol. The molecule has 0 atom stereocenters. The van der Waals surface area contributed by atoms with E-state index in [-0.39, 0.29) is 11.6 Å². The summed E-state index contributed by atoms with van der Waals surface area (Å²) in [5.74, 6) is -0.0202. The third kappa shape index (κ3) is 3.83. The summed E-state index contributed by atoms with van der Waals surface area (Å²) >= 11 is 0. The predicted octanol–water partition coefficient (Wildman–Crippen LogP) is 1.61. The summed E-state index contributed by atoms with van der Waals surface area (Å²) in [4.78, 5) is 33.6. The molecule has 3 rings (SSSR count). The quantitative estimate of drug-likeness (QED) is 0.203. The molecule has 132 valence electrons. The molecule has 0 spiro atoms. The molecule has 26 heavy (non-hydrogen) atoms. The van der Waals surface area contributed by atoms with Gasteiger partial charge in [0.15, 0.2) is 0 Å². The number of fused-ring (bicyclic) bond motifs is 1. The molecule has 0 radical (unpaired) electrons. The van der Waals surface area contributed by atoms with Crippen LogP contribution < -0.4 is 11.1 Å². The molecule has 0 aliphatic carbocycles. The molecule has 1 aromatic carbocycles. The Morgan fingerprint density at radius 1 is 1.31 bits per heavy atom. The number of nitro benzene ring substituents is 1. The van der Waals surface area contributed by atoms with E-state index < -0.39 is 4.92 Å². The summed E-state index contributed by atoms with van der Waals surface area (Å²) < 4.78 is 0. The van der Waals surface area contributed by atoms with Gasteiger partial charge in [-0.2, -0.15) is 0 Å². The Labute approximate surface area is 148 Å². The van der Waals surface area contributed by atoms with Gasteiger partial charge in [0.05, 0.1) is 17.0 Å². The zero-order valence-electron chi connectivity index (χ0n) is 13.7. The summed E-state index contributed by atoms with van der Waals surface area (Å²) in [6.07, 6.45) is 1.62. The number of aromatic nitrogens is 2. The van der Waals surface area contributed by atoms with E-state index in [2.05, 4.69) is 20.3 Å². The van der Waals surface area contributed by atoms with E-state index in [0.717, 1.165) is 5.39 Å². The highest BCUT2D eigenvalue weighted by atomic mass is 16.6. The van der Waals surface area contributed by atoms with E-state index in [1.54, 1.807) is 30.5 Å². The van der Waals surface area contributed by atoms with Crippen molar-refractivity contribution in [2.45, 2.75) is 0 Å². The van der Waals surface area contributed by atoms with Gasteiger partial charge >= 0.3 is 0 Å². The van der Waals surface area contributed by atoms with Gasteiger partial charge in [-0.15, -0.1) is 0 Å². The second-order valence-electron chi connectivity index (χ2n) is 5.45. The number of carbonyl (C=O) groups excluding carboxylic acids is 1. The highest BCUT2D eigenvalue weighted by molar-refractivity contribution is 5.98. The minimum Gasteiger partial charge on any atom is -0.382 e. The number of hydrogen-bond acceptors (Lipinski definition) is 5. The number of amidine groups is 1. The molecule has 0 saturated carbocycles. The molecular formula is C17H16N6O3. The average molecular weight is 352 g/mol. The van der Waals surface area contributed by atoms with E-state index in [1.807, 2.05) is 6.07 Å². The van der Waals surface area contributed by atoms with Gasteiger partial charge in [0.1, 0.15) is 17.2 Å². The topological polar surface area (TPSA) is 139 Å². The molecule has 0 fully saturated rings. The molecule has 0 saturated heterocycles. The molecule has 2 heterocycles. The number of nitro groups is 1. The molecular weight excluding hydrogens is 336 g/mol. The van der Waals surface area contributed by atoms with Crippen LogP contribution in [-0.4, -0.2) is 39.7 Å². The van der Waals surface area contributed by atoms with Crippen molar-refractivity contribution in [3.05, 3.63) is 70.2 Å². The van der Waals surface area contributed by atoms with Gasteiger partial charge < -0.3 is 16.0 Å². The third-order valence-electron chi connectivity index (χ3n) is 3.67. The first-order chi connectivity index (χ1) is 12.5. The largest absolute Gasteiger partial charge is 0.382 e. The van der Waals surface area contributed by atoms with Gasteiger partial charge in [-0.05, 0) is 24.3 Å². The molecule has 0 bridgehead atoms. The van der Waals surface area contributed by atoms with E-state index >= 15 is 0 Å². The molecule has 0 aliphatic heterocycles. The van der Waals surface area contributed by atoms with Crippen LogP contribution in [0.3, 0.4) is 0 Å². The third-order valence-corrected chi connectivity index (χ3v) is 3.67. The Balaban J connectivity index is 1.60. The molecule has 1 amide bonds. The van der Waals surface area contributed by atoms with Gasteiger partial charge in [0, 0.05) is 30.3 Å².